The number of hydrogen-bond donors (Lipinski definition) is 1. The van der Waals surface area contributed by atoms with Gasteiger partial charge in [-0.05, 0) is 68.9 Å². The average Bonchev–Trinajstić information content (AvgIpc) is 2.72. The summed E-state index contributed by atoms with van der Waals surface area (Å²) in [6.45, 7) is 10.3. The lowest BCUT2D eigenvalue weighted by Crippen LogP contribution is -2.53. The molecule has 0 spiro atoms. The third-order valence-corrected chi connectivity index (χ3v) is 5.46. The van der Waals surface area contributed by atoms with Crippen LogP contribution in [0.2, 0.25) is 5.02 Å². The van der Waals surface area contributed by atoms with Crippen molar-refractivity contribution in [2.24, 2.45) is 0 Å². The van der Waals surface area contributed by atoms with Crippen molar-refractivity contribution in [1.82, 2.24) is 10.2 Å². The van der Waals surface area contributed by atoms with Gasteiger partial charge in [0, 0.05) is 23.5 Å². The Bertz CT molecular complexity index is 854. The molecule has 0 aliphatic heterocycles. The highest BCUT2D eigenvalue weighted by molar-refractivity contribution is 6.30. The number of nitrogens with one attached hydrogen (secondary N) is 1. The molecule has 0 bridgehead atoms. The largest absolute Gasteiger partial charge is 0.350 e. The van der Waals surface area contributed by atoms with E-state index in [0.29, 0.717) is 30.8 Å². The molecule has 0 aliphatic carbocycles. The first kappa shape index (κ1) is 24.9. The van der Waals surface area contributed by atoms with E-state index in [1.807, 2.05) is 52.0 Å². The first-order valence-electron chi connectivity index (χ1n) is 11.1. The summed E-state index contributed by atoms with van der Waals surface area (Å²) in [4.78, 5) is 28.0. The van der Waals surface area contributed by atoms with E-state index in [9.17, 15) is 9.59 Å². The lowest BCUT2D eigenvalue weighted by Gasteiger charge is -2.33. The summed E-state index contributed by atoms with van der Waals surface area (Å²) in [5.74, 6) is -0.143. The van der Waals surface area contributed by atoms with Gasteiger partial charge in [-0.2, -0.15) is 0 Å². The predicted molar refractivity (Wildman–Crippen MR) is 128 cm³/mol. The van der Waals surface area contributed by atoms with Gasteiger partial charge in [-0.3, -0.25) is 9.59 Å². The zero-order valence-electron chi connectivity index (χ0n) is 19.4. The van der Waals surface area contributed by atoms with Gasteiger partial charge in [-0.1, -0.05) is 61.8 Å². The molecule has 1 unspecified atom stereocenters. The minimum Gasteiger partial charge on any atom is -0.350 e. The predicted octanol–water partition coefficient (Wildman–Crippen LogP) is 5.56. The van der Waals surface area contributed by atoms with E-state index in [4.69, 9.17) is 11.6 Å². The van der Waals surface area contributed by atoms with Crippen molar-refractivity contribution in [3.8, 4) is 0 Å². The molecule has 2 amide bonds. The van der Waals surface area contributed by atoms with E-state index in [-0.39, 0.29) is 17.4 Å². The van der Waals surface area contributed by atoms with Crippen LogP contribution in [-0.4, -0.2) is 28.3 Å². The molecule has 1 atom stereocenters. The van der Waals surface area contributed by atoms with Gasteiger partial charge < -0.3 is 10.2 Å². The van der Waals surface area contributed by atoms with Crippen molar-refractivity contribution >= 4 is 23.4 Å². The van der Waals surface area contributed by atoms with Gasteiger partial charge in [0.15, 0.2) is 0 Å². The van der Waals surface area contributed by atoms with E-state index >= 15 is 0 Å². The quantitative estimate of drug-likeness (QED) is 0.552. The number of hydrogen-bond acceptors (Lipinski definition) is 2. The van der Waals surface area contributed by atoms with Crippen molar-refractivity contribution in [1.29, 1.82) is 0 Å². The zero-order valence-corrected chi connectivity index (χ0v) is 20.1. The second-order valence-electron chi connectivity index (χ2n) is 8.98. The molecule has 31 heavy (non-hydrogen) atoms. The summed E-state index contributed by atoms with van der Waals surface area (Å²) in [5, 5.41) is 3.68. The Morgan fingerprint density at radius 1 is 0.935 bits per heavy atom. The molecule has 0 heterocycles. The van der Waals surface area contributed by atoms with Crippen molar-refractivity contribution in [3.05, 3.63) is 70.2 Å². The third kappa shape index (κ3) is 8.02. The number of benzene rings is 2. The fourth-order valence-electron chi connectivity index (χ4n) is 3.50. The number of halogens is 1. The topological polar surface area (TPSA) is 49.4 Å². The first-order chi connectivity index (χ1) is 14.6. The smallest absolute Gasteiger partial charge is 0.243 e. The fraction of sp³-hybridized carbons (Fsp3) is 0.462. The normalized spacial score (nSPS) is 12.3. The molecule has 1 N–H and O–H groups in total. The maximum absolute atomic E-state index is 13.3. The number of nitrogens with zero attached hydrogens (tertiary/aromatic N) is 1. The molecule has 0 aromatic heterocycles. The molecule has 4 nitrogen and oxygen atoms in total. The Balaban J connectivity index is 2.20. The minimum atomic E-state index is -0.523. The van der Waals surface area contributed by atoms with Gasteiger partial charge in [0.05, 0.1) is 0 Å². The second kappa shape index (κ2) is 11.3. The summed E-state index contributed by atoms with van der Waals surface area (Å²) in [7, 11) is 0. The van der Waals surface area contributed by atoms with Crippen molar-refractivity contribution in [2.75, 3.05) is 0 Å². The molecule has 0 saturated heterocycles. The minimum absolute atomic E-state index is 0.0228. The number of carbonyl (C=O) groups is 2. The van der Waals surface area contributed by atoms with Gasteiger partial charge in [0.2, 0.25) is 11.8 Å². The SMILES string of the molecule is CCc1ccc(CCC(=O)N(Cc2ccc(Cl)cc2)C(CC)C(=O)NC(C)(C)C)cc1. The Labute approximate surface area is 192 Å². The van der Waals surface area contributed by atoms with Gasteiger partial charge in [-0.15, -0.1) is 0 Å². The number of carbonyl (C=O) groups excluding carboxylic acids is 2. The highest BCUT2D eigenvalue weighted by Crippen LogP contribution is 2.18. The Kier molecular flexibility index (Phi) is 9.12. The van der Waals surface area contributed by atoms with Gasteiger partial charge >= 0.3 is 0 Å². The van der Waals surface area contributed by atoms with Crippen LogP contribution in [0, 0.1) is 0 Å². The molecular weight excluding hydrogens is 408 g/mol. The second-order valence-corrected chi connectivity index (χ2v) is 9.42. The Morgan fingerprint density at radius 2 is 1.48 bits per heavy atom. The van der Waals surface area contributed by atoms with Gasteiger partial charge in [-0.25, -0.2) is 0 Å². The molecule has 0 aliphatic rings. The highest BCUT2D eigenvalue weighted by Gasteiger charge is 2.30. The summed E-state index contributed by atoms with van der Waals surface area (Å²) in [5.41, 5.74) is 3.00. The maximum atomic E-state index is 13.3. The van der Waals surface area contributed by atoms with Crippen LogP contribution in [0.25, 0.3) is 0 Å². The molecule has 0 radical (unpaired) electrons. The van der Waals surface area contributed by atoms with Crippen molar-refractivity contribution in [3.63, 3.8) is 0 Å². The molecule has 2 aromatic carbocycles. The van der Waals surface area contributed by atoms with E-state index in [1.54, 1.807) is 4.90 Å². The molecular formula is C26H35ClN2O2. The van der Waals surface area contributed by atoms with Crippen LogP contribution >= 0.6 is 11.6 Å². The van der Waals surface area contributed by atoms with Crippen LogP contribution in [0.5, 0.6) is 0 Å². The average molecular weight is 443 g/mol. The molecule has 2 rings (SSSR count). The summed E-state index contributed by atoms with van der Waals surface area (Å²) >= 11 is 6.02. The Morgan fingerprint density at radius 3 is 2.00 bits per heavy atom. The number of aryl methyl sites for hydroxylation is 2. The monoisotopic (exact) mass is 442 g/mol. The molecule has 2 aromatic rings. The van der Waals surface area contributed by atoms with E-state index < -0.39 is 6.04 Å². The lowest BCUT2D eigenvalue weighted by atomic mass is 10.0. The lowest BCUT2D eigenvalue weighted by molar-refractivity contribution is -0.142. The van der Waals surface area contributed by atoms with Gasteiger partial charge in [0.25, 0.3) is 0 Å². The van der Waals surface area contributed by atoms with Crippen molar-refractivity contribution in [2.45, 2.75) is 78.4 Å². The standard InChI is InChI=1S/C26H35ClN2O2/c1-6-19-8-10-20(11-9-19)14-17-24(30)29(18-21-12-15-22(27)16-13-21)23(7-2)25(31)28-26(3,4)5/h8-13,15-16,23H,6-7,14,17-18H2,1-5H3,(H,28,31). The van der Waals surface area contributed by atoms with E-state index in [2.05, 4.69) is 36.5 Å². The first-order valence-corrected chi connectivity index (χ1v) is 11.4. The van der Waals surface area contributed by atoms with E-state index in [1.165, 1.54) is 5.56 Å². The van der Waals surface area contributed by atoms with Crippen LogP contribution in [0.3, 0.4) is 0 Å². The van der Waals surface area contributed by atoms with Crippen LogP contribution in [0.1, 0.15) is 64.2 Å². The Hall–Kier alpha value is -2.33. The molecule has 0 saturated carbocycles. The number of rotatable bonds is 9. The van der Waals surface area contributed by atoms with Crippen molar-refractivity contribution < 1.29 is 9.59 Å². The van der Waals surface area contributed by atoms with Crippen LogP contribution in [0.15, 0.2) is 48.5 Å². The van der Waals surface area contributed by atoms with E-state index in [0.717, 1.165) is 17.5 Å². The highest BCUT2D eigenvalue weighted by atomic mass is 35.5. The van der Waals surface area contributed by atoms with Crippen LogP contribution < -0.4 is 5.32 Å². The molecule has 0 fully saturated rings. The summed E-state index contributed by atoms with van der Waals surface area (Å²) in [6.07, 6.45) is 2.55. The number of amides is 2. The van der Waals surface area contributed by atoms with Gasteiger partial charge in [0.1, 0.15) is 6.04 Å². The van der Waals surface area contributed by atoms with Crippen LogP contribution in [0.4, 0.5) is 0 Å². The maximum Gasteiger partial charge on any atom is 0.243 e. The van der Waals surface area contributed by atoms with Crippen LogP contribution in [-0.2, 0) is 29.0 Å². The summed E-state index contributed by atoms with van der Waals surface area (Å²) < 4.78 is 0. The third-order valence-electron chi connectivity index (χ3n) is 5.21. The summed E-state index contributed by atoms with van der Waals surface area (Å²) in [6, 6.07) is 15.3. The zero-order chi connectivity index (χ0) is 23.0. The molecule has 168 valence electrons. The molecule has 5 heteroatoms. The fourth-order valence-corrected chi connectivity index (χ4v) is 3.62.